The molecule has 0 saturated carbocycles. The second-order valence-electron chi connectivity index (χ2n) is 6.69. The summed E-state index contributed by atoms with van der Waals surface area (Å²) < 4.78 is 27.4. The molecule has 6 heteroatoms. The van der Waals surface area contributed by atoms with E-state index in [1.165, 1.54) is 17.7 Å². The maximum absolute atomic E-state index is 12.5. The summed E-state index contributed by atoms with van der Waals surface area (Å²) >= 11 is 0. The van der Waals surface area contributed by atoms with Crippen LogP contribution in [0.2, 0.25) is 0 Å². The molecule has 0 spiro atoms. The number of hydrogen-bond acceptors (Lipinski definition) is 3. The lowest BCUT2D eigenvalue weighted by Crippen LogP contribution is -2.32. The predicted molar refractivity (Wildman–Crippen MR) is 105 cm³/mol. The number of carbonyl (C=O) groups excluding carboxylic acids is 1. The molecule has 0 aliphatic heterocycles. The average molecular weight is 375 g/mol. The smallest absolute Gasteiger partial charge is 0.255 e. The molecule has 0 radical (unpaired) electrons. The van der Waals surface area contributed by atoms with Crippen LogP contribution in [0.1, 0.15) is 56.0 Å². The van der Waals surface area contributed by atoms with Crippen LogP contribution in [0.4, 0.5) is 5.69 Å². The largest absolute Gasteiger partial charge is 0.322 e. The maximum atomic E-state index is 12.5. The Kier molecular flexibility index (Phi) is 6.56. The van der Waals surface area contributed by atoms with Crippen molar-refractivity contribution >= 4 is 21.6 Å². The quantitative estimate of drug-likeness (QED) is 0.765. The van der Waals surface area contributed by atoms with Crippen molar-refractivity contribution < 1.29 is 13.2 Å². The molecule has 1 atom stereocenters. The number of hydrogen-bond donors (Lipinski definition) is 2. The van der Waals surface area contributed by atoms with Crippen molar-refractivity contribution in [1.82, 2.24) is 4.72 Å². The molecule has 26 heavy (non-hydrogen) atoms. The summed E-state index contributed by atoms with van der Waals surface area (Å²) in [6, 6.07) is 13.5. The second kappa shape index (κ2) is 8.47. The number of benzene rings is 2. The Morgan fingerprint density at radius 3 is 2.27 bits per heavy atom. The molecule has 0 aromatic heterocycles. The lowest BCUT2D eigenvalue weighted by Gasteiger charge is -2.13. The second-order valence-corrected chi connectivity index (χ2v) is 8.40. The maximum Gasteiger partial charge on any atom is 0.255 e. The van der Waals surface area contributed by atoms with Crippen LogP contribution in [0.25, 0.3) is 0 Å². The van der Waals surface area contributed by atoms with Crippen LogP contribution in [-0.4, -0.2) is 20.4 Å². The van der Waals surface area contributed by atoms with Gasteiger partial charge in [0.2, 0.25) is 10.0 Å². The highest BCUT2D eigenvalue weighted by atomic mass is 32.2. The van der Waals surface area contributed by atoms with E-state index in [1.54, 1.807) is 19.1 Å². The molecule has 2 N–H and O–H groups in total. The van der Waals surface area contributed by atoms with E-state index in [4.69, 9.17) is 0 Å². The van der Waals surface area contributed by atoms with Crippen LogP contribution in [0.5, 0.6) is 0 Å². The van der Waals surface area contributed by atoms with Crippen LogP contribution in [-0.2, 0) is 10.0 Å². The summed E-state index contributed by atoms with van der Waals surface area (Å²) in [5.74, 6) is 0.0718. The third-order valence-electron chi connectivity index (χ3n) is 4.21. The first kappa shape index (κ1) is 20.1. The van der Waals surface area contributed by atoms with E-state index in [0.717, 1.165) is 0 Å². The van der Waals surface area contributed by atoms with E-state index in [9.17, 15) is 13.2 Å². The standard InChI is InChI=1S/C20H26N2O3S/c1-5-15(4)22-26(24,25)19-8-6-7-17(13-19)20(23)21-18-11-9-16(10-12-18)14(2)3/h6-15,22H,5H2,1-4H3,(H,21,23). The highest BCUT2D eigenvalue weighted by molar-refractivity contribution is 7.89. The topological polar surface area (TPSA) is 75.3 Å². The van der Waals surface area contributed by atoms with E-state index in [-0.39, 0.29) is 16.8 Å². The molecule has 0 aliphatic rings. The molecule has 0 heterocycles. The molecule has 0 aliphatic carbocycles. The number of rotatable bonds is 7. The van der Waals surface area contributed by atoms with Gasteiger partial charge in [0, 0.05) is 17.3 Å². The third-order valence-corrected chi connectivity index (χ3v) is 5.80. The molecule has 140 valence electrons. The fourth-order valence-electron chi connectivity index (χ4n) is 2.38. The zero-order valence-corrected chi connectivity index (χ0v) is 16.4. The van der Waals surface area contributed by atoms with Gasteiger partial charge >= 0.3 is 0 Å². The Labute approximate surface area is 155 Å². The molecule has 0 saturated heterocycles. The minimum atomic E-state index is -3.65. The normalized spacial score (nSPS) is 12.8. The Morgan fingerprint density at radius 1 is 1.04 bits per heavy atom. The molecule has 0 fully saturated rings. The van der Waals surface area contributed by atoms with Crippen molar-refractivity contribution in [3.05, 3.63) is 59.7 Å². The molecule has 2 aromatic rings. The van der Waals surface area contributed by atoms with Crippen molar-refractivity contribution in [1.29, 1.82) is 0 Å². The van der Waals surface area contributed by atoms with Gasteiger partial charge in [0.05, 0.1) is 4.90 Å². The Morgan fingerprint density at radius 2 is 1.69 bits per heavy atom. The monoisotopic (exact) mass is 374 g/mol. The summed E-state index contributed by atoms with van der Waals surface area (Å²) in [4.78, 5) is 12.5. The van der Waals surface area contributed by atoms with Crippen molar-refractivity contribution in [3.8, 4) is 0 Å². The first-order chi connectivity index (χ1) is 12.2. The van der Waals surface area contributed by atoms with Crippen LogP contribution in [0.15, 0.2) is 53.4 Å². The average Bonchev–Trinajstić information content (AvgIpc) is 2.61. The van der Waals surface area contributed by atoms with Gasteiger partial charge in [-0.05, 0) is 55.2 Å². The highest BCUT2D eigenvalue weighted by Crippen LogP contribution is 2.18. The molecular weight excluding hydrogens is 348 g/mol. The van der Waals surface area contributed by atoms with Crippen molar-refractivity contribution in [3.63, 3.8) is 0 Å². The van der Waals surface area contributed by atoms with Gasteiger partial charge < -0.3 is 5.32 Å². The van der Waals surface area contributed by atoms with Crippen molar-refractivity contribution in [2.75, 3.05) is 5.32 Å². The SMILES string of the molecule is CCC(C)NS(=O)(=O)c1cccc(C(=O)Nc2ccc(C(C)C)cc2)c1. The number of carbonyl (C=O) groups is 1. The van der Waals surface area contributed by atoms with E-state index in [2.05, 4.69) is 23.9 Å². The summed E-state index contributed by atoms with van der Waals surface area (Å²) in [5, 5.41) is 2.80. The zero-order chi connectivity index (χ0) is 19.3. The lowest BCUT2D eigenvalue weighted by molar-refractivity contribution is 0.102. The van der Waals surface area contributed by atoms with Gasteiger partial charge in [0.1, 0.15) is 0 Å². The van der Waals surface area contributed by atoms with Crippen LogP contribution in [0, 0.1) is 0 Å². The summed E-state index contributed by atoms with van der Waals surface area (Å²) in [6.45, 7) is 7.91. The van der Waals surface area contributed by atoms with E-state index in [0.29, 0.717) is 23.6 Å². The van der Waals surface area contributed by atoms with Crippen molar-refractivity contribution in [2.45, 2.75) is 51.0 Å². The van der Waals surface area contributed by atoms with Gasteiger partial charge in [-0.25, -0.2) is 13.1 Å². The van der Waals surface area contributed by atoms with E-state index >= 15 is 0 Å². The van der Waals surface area contributed by atoms with Gasteiger partial charge in [-0.1, -0.05) is 39.0 Å². The Balaban J connectivity index is 2.17. The number of sulfonamides is 1. The zero-order valence-electron chi connectivity index (χ0n) is 15.6. The molecule has 1 unspecified atom stereocenters. The van der Waals surface area contributed by atoms with Crippen LogP contribution < -0.4 is 10.0 Å². The summed E-state index contributed by atoms with van der Waals surface area (Å²) in [6.07, 6.45) is 0.686. The van der Waals surface area contributed by atoms with Crippen LogP contribution in [0.3, 0.4) is 0 Å². The molecule has 0 bridgehead atoms. The van der Waals surface area contributed by atoms with Gasteiger partial charge in [-0.2, -0.15) is 0 Å². The Bertz CT molecular complexity index is 859. The molecular formula is C20H26N2O3S. The molecule has 2 aromatic carbocycles. The summed E-state index contributed by atoms with van der Waals surface area (Å²) in [7, 11) is -3.65. The van der Waals surface area contributed by atoms with Gasteiger partial charge in [0.25, 0.3) is 5.91 Å². The number of nitrogens with one attached hydrogen (secondary N) is 2. The van der Waals surface area contributed by atoms with Gasteiger partial charge in [0.15, 0.2) is 0 Å². The minimum absolute atomic E-state index is 0.0839. The fraction of sp³-hybridized carbons (Fsp3) is 0.350. The summed E-state index contributed by atoms with van der Waals surface area (Å²) in [5.41, 5.74) is 2.16. The molecule has 1 amide bonds. The first-order valence-corrected chi connectivity index (χ1v) is 10.2. The fourth-order valence-corrected chi connectivity index (χ4v) is 3.75. The molecule has 2 rings (SSSR count). The minimum Gasteiger partial charge on any atom is -0.322 e. The van der Waals surface area contributed by atoms with Crippen LogP contribution >= 0.6 is 0 Å². The first-order valence-electron chi connectivity index (χ1n) is 8.76. The van der Waals surface area contributed by atoms with E-state index < -0.39 is 10.0 Å². The van der Waals surface area contributed by atoms with Crippen molar-refractivity contribution in [2.24, 2.45) is 0 Å². The van der Waals surface area contributed by atoms with Gasteiger partial charge in [-0.3, -0.25) is 4.79 Å². The highest BCUT2D eigenvalue weighted by Gasteiger charge is 2.18. The van der Waals surface area contributed by atoms with Gasteiger partial charge in [-0.15, -0.1) is 0 Å². The predicted octanol–water partition coefficient (Wildman–Crippen LogP) is 4.14. The number of anilines is 1. The number of amides is 1. The van der Waals surface area contributed by atoms with E-state index in [1.807, 2.05) is 31.2 Å². The lowest BCUT2D eigenvalue weighted by atomic mass is 10.0. The molecule has 5 nitrogen and oxygen atoms in total. The Hall–Kier alpha value is -2.18. The third kappa shape index (κ3) is 5.16.